The van der Waals surface area contributed by atoms with Crippen molar-refractivity contribution in [3.63, 3.8) is 0 Å². The Kier molecular flexibility index (Phi) is 12.6. The van der Waals surface area contributed by atoms with Gasteiger partial charge in [-0.15, -0.1) is 0 Å². The molecular formula is C69H78. The molecule has 6 aliphatic rings. The minimum Gasteiger partial charge on any atom is -0.0620 e. The first-order valence-corrected chi connectivity index (χ1v) is 26.7. The summed E-state index contributed by atoms with van der Waals surface area (Å²) in [6, 6.07) is 52.0. The standard InChI is InChI=1S/C29H38.C19H20.C13H10.C8H10/c1-26(2)9-11-28(5,6)24-16-20-18(14-22(24)26)13-19-15-23-25(17-21(19)20)29(7,8)12-10-27(23,3)4;1-2-6-14(5-1)11-15-9-10-19-17(12-15)13-16-7-3-4-8-18(16)19;1-3-7-12-10(5-1)9-11-6-2-4-8-13(11)12;1-7-5-3-4-6-8(7)2/h14-17H,9-13H2,1-8H3;3-4,7-10,12,14H,1-2,5-6,11,13H2;1-8H,9H2;3-6H,1-2H3. The summed E-state index contributed by atoms with van der Waals surface area (Å²) in [5.74, 6) is 0.946. The Morgan fingerprint density at radius 3 is 1.10 bits per heavy atom. The Morgan fingerprint density at radius 1 is 0.348 bits per heavy atom. The van der Waals surface area contributed by atoms with Crippen molar-refractivity contribution >= 4 is 0 Å². The zero-order valence-corrected chi connectivity index (χ0v) is 43.8. The summed E-state index contributed by atoms with van der Waals surface area (Å²) in [4.78, 5) is 0. The zero-order valence-electron chi connectivity index (χ0n) is 43.8. The Balaban J connectivity index is 0.000000118. The van der Waals surface area contributed by atoms with Crippen LogP contribution >= 0.6 is 0 Å². The number of benzene rings is 7. The average Bonchev–Trinajstić information content (AvgIpc) is 4.14. The molecule has 1 saturated carbocycles. The monoisotopic (exact) mass is 907 g/mol. The van der Waals surface area contributed by atoms with Gasteiger partial charge in [-0.2, -0.15) is 0 Å². The van der Waals surface area contributed by atoms with Gasteiger partial charge in [0, 0.05) is 0 Å². The molecule has 0 aliphatic heterocycles. The first-order valence-electron chi connectivity index (χ1n) is 26.7. The Hall–Kier alpha value is -5.46. The summed E-state index contributed by atoms with van der Waals surface area (Å²) in [7, 11) is 0. The van der Waals surface area contributed by atoms with Gasteiger partial charge in [0.1, 0.15) is 0 Å². The normalized spacial score (nSPS) is 18.4. The second-order valence-corrected chi connectivity index (χ2v) is 24.6. The molecule has 0 heterocycles. The van der Waals surface area contributed by atoms with Crippen LogP contribution in [0.15, 0.2) is 140 Å². The second-order valence-electron chi connectivity index (χ2n) is 24.6. The molecule has 0 amide bonds. The van der Waals surface area contributed by atoms with Crippen LogP contribution in [0, 0.1) is 19.8 Å². The van der Waals surface area contributed by atoms with Gasteiger partial charge in [-0.05, 0) is 198 Å². The van der Waals surface area contributed by atoms with Gasteiger partial charge in [-0.3, -0.25) is 0 Å². The van der Waals surface area contributed by atoms with E-state index < -0.39 is 0 Å². The quantitative estimate of drug-likeness (QED) is 0.162. The van der Waals surface area contributed by atoms with Crippen LogP contribution in [0.1, 0.15) is 179 Å². The number of fused-ring (bicyclic) bond motifs is 11. The summed E-state index contributed by atoms with van der Waals surface area (Å²) in [5, 5.41) is 0. The van der Waals surface area contributed by atoms with E-state index in [1.807, 2.05) is 0 Å². The summed E-state index contributed by atoms with van der Waals surface area (Å²) < 4.78 is 0. The van der Waals surface area contributed by atoms with Crippen molar-refractivity contribution in [1.82, 2.24) is 0 Å². The van der Waals surface area contributed by atoms with Crippen LogP contribution in [-0.2, 0) is 47.3 Å². The molecule has 0 nitrogen and oxygen atoms in total. The SMILES string of the molecule is CC1(C)CCC(C)(C)c2cc3c(cc21)Cc1cc2c(cc1-3)C(C)(C)CCC2(C)C.Cc1ccccc1C.c1ccc2c(c1)Cc1cc(CC3CCCC3)ccc1-2.c1ccc2c(c1)Cc1ccccc1-2. The fraction of sp³-hybridized carbons (Fsp3) is 0.391. The van der Waals surface area contributed by atoms with Crippen molar-refractivity contribution in [3.8, 4) is 33.4 Å². The number of rotatable bonds is 2. The molecule has 0 radical (unpaired) electrons. The zero-order chi connectivity index (χ0) is 48.3. The van der Waals surface area contributed by atoms with Crippen molar-refractivity contribution in [2.75, 3.05) is 0 Å². The number of hydrogen-bond donors (Lipinski definition) is 0. The lowest BCUT2D eigenvalue weighted by Gasteiger charge is -2.42. The fourth-order valence-corrected chi connectivity index (χ4v) is 12.9. The molecule has 13 rings (SSSR count). The molecule has 1 fully saturated rings. The molecule has 354 valence electrons. The third-order valence-electron chi connectivity index (χ3n) is 17.8. The molecule has 7 aromatic rings. The Morgan fingerprint density at radius 2 is 0.681 bits per heavy atom. The van der Waals surface area contributed by atoms with Crippen molar-refractivity contribution in [1.29, 1.82) is 0 Å². The maximum Gasteiger partial charge on any atom is -0.00132 e. The van der Waals surface area contributed by atoms with E-state index in [9.17, 15) is 0 Å². The van der Waals surface area contributed by atoms with Crippen LogP contribution in [0.4, 0.5) is 0 Å². The predicted octanol–water partition coefficient (Wildman–Crippen LogP) is 18.5. The lowest BCUT2D eigenvalue weighted by atomic mass is 9.62. The molecule has 7 aromatic carbocycles. The van der Waals surface area contributed by atoms with Crippen LogP contribution in [-0.4, -0.2) is 0 Å². The highest BCUT2D eigenvalue weighted by Crippen LogP contribution is 2.53. The molecule has 0 spiro atoms. The molecule has 6 aliphatic carbocycles. The van der Waals surface area contributed by atoms with Gasteiger partial charge in [0.2, 0.25) is 0 Å². The van der Waals surface area contributed by atoms with Gasteiger partial charge in [-0.1, -0.05) is 221 Å². The molecule has 69 heavy (non-hydrogen) atoms. The van der Waals surface area contributed by atoms with E-state index in [1.165, 1.54) is 125 Å². The molecule has 0 unspecified atom stereocenters. The van der Waals surface area contributed by atoms with Crippen LogP contribution in [0.3, 0.4) is 0 Å². The summed E-state index contributed by atoms with van der Waals surface area (Å²) in [6.45, 7) is 23.8. The van der Waals surface area contributed by atoms with Crippen LogP contribution in [0.5, 0.6) is 0 Å². The minimum atomic E-state index is 0.276. The molecule has 0 atom stereocenters. The number of hydrogen-bond acceptors (Lipinski definition) is 0. The van der Waals surface area contributed by atoms with Crippen LogP contribution in [0.25, 0.3) is 33.4 Å². The van der Waals surface area contributed by atoms with E-state index in [4.69, 9.17) is 0 Å². The Labute approximate surface area is 417 Å². The maximum absolute atomic E-state index is 2.59. The Bertz CT molecular complexity index is 2880. The third kappa shape index (κ3) is 9.35. The van der Waals surface area contributed by atoms with Crippen LogP contribution in [0.2, 0.25) is 0 Å². The lowest BCUT2D eigenvalue weighted by molar-refractivity contribution is 0.331. The lowest BCUT2D eigenvalue weighted by Crippen LogP contribution is -2.34. The molecule has 0 saturated heterocycles. The highest BCUT2D eigenvalue weighted by molar-refractivity contribution is 5.81. The molecule has 0 aromatic heterocycles. The van der Waals surface area contributed by atoms with E-state index >= 15 is 0 Å². The van der Waals surface area contributed by atoms with Gasteiger partial charge < -0.3 is 0 Å². The molecule has 0 bridgehead atoms. The van der Waals surface area contributed by atoms with E-state index in [1.54, 1.807) is 38.9 Å². The summed E-state index contributed by atoms with van der Waals surface area (Å²) in [6.07, 6.45) is 15.5. The van der Waals surface area contributed by atoms with Crippen molar-refractivity contribution in [2.45, 2.75) is 168 Å². The third-order valence-corrected chi connectivity index (χ3v) is 17.8. The molecular weight excluding hydrogens is 829 g/mol. The van der Waals surface area contributed by atoms with Gasteiger partial charge in [0.05, 0.1) is 0 Å². The van der Waals surface area contributed by atoms with Gasteiger partial charge in [0.15, 0.2) is 0 Å². The topological polar surface area (TPSA) is 0 Å². The van der Waals surface area contributed by atoms with E-state index in [0.717, 1.165) is 25.2 Å². The van der Waals surface area contributed by atoms with Crippen molar-refractivity contribution in [3.05, 3.63) is 212 Å². The van der Waals surface area contributed by atoms with E-state index in [0.29, 0.717) is 0 Å². The van der Waals surface area contributed by atoms with Crippen LogP contribution < -0.4 is 0 Å². The highest BCUT2D eigenvalue weighted by atomic mass is 14.5. The predicted molar refractivity (Wildman–Crippen MR) is 296 cm³/mol. The smallest absolute Gasteiger partial charge is 0.00132 e. The molecule has 0 heteroatoms. The second kappa shape index (κ2) is 18.4. The average molecular weight is 907 g/mol. The maximum atomic E-state index is 2.59. The van der Waals surface area contributed by atoms with E-state index in [2.05, 4.69) is 209 Å². The fourth-order valence-electron chi connectivity index (χ4n) is 12.9. The van der Waals surface area contributed by atoms with Crippen molar-refractivity contribution < 1.29 is 0 Å². The minimum absolute atomic E-state index is 0.276. The highest BCUT2D eigenvalue weighted by Gasteiger charge is 2.41. The first kappa shape index (κ1) is 47.2. The molecule has 0 N–H and O–H groups in total. The summed E-state index contributed by atoms with van der Waals surface area (Å²) in [5.41, 5.74) is 29.7. The van der Waals surface area contributed by atoms with E-state index in [-0.39, 0.29) is 21.7 Å². The van der Waals surface area contributed by atoms with Gasteiger partial charge >= 0.3 is 0 Å². The summed E-state index contributed by atoms with van der Waals surface area (Å²) >= 11 is 0. The largest absolute Gasteiger partial charge is 0.0620 e. The van der Waals surface area contributed by atoms with Gasteiger partial charge in [0.25, 0.3) is 0 Å². The van der Waals surface area contributed by atoms with Gasteiger partial charge in [-0.25, -0.2) is 0 Å². The number of aryl methyl sites for hydroxylation is 2. The van der Waals surface area contributed by atoms with Crippen molar-refractivity contribution in [2.24, 2.45) is 5.92 Å². The first-order chi connectivity index (χ1) is 33.0.